The number of phenolic OH excluding ortho intramolecular Hbond substituents is 1. The van der Waals surface area contributed by atoms with Gasteiger partial charge >= 0.3 is 6.18 Å². The number of aromatic hydroxyl groups is 1. The number of hydrogen-bond donors (Lipinski definition) is 1. The average Bonchev–Trinajstić information content (AvgIpc) is 2.29. The molecule has 0 heterocycles. The molecule has 0 amide bonds. The van der Waals surface area contributed by atoms with Gasteiger partial charge in [-0.15, -0.1) is 0 Å². The van der Waals surface area contributed by atoms with Crippen molar-refractivity contribution >= 4 is 5.78 Å². The fourth-order valence-corrected chi connectivity index (χ4v) is 1.96. The average molecular weight is 289 g/mol. The van der Waals surface area contributed by atoms with Crippen LogP contribution in [-0.2, 0) is 6.54 Å². The molecule has 1 rings (SSSR count). The lowest BCUT2D eigenvalue weighted by Gasteiger charge is -2.23. The van der Waals surface area contributed by atoms with Gasteiger partial charge in [-0.25, -0.2) is 0 Å². The van der Waals surface area contributed by atoms with E-state index in [1.165, 1.54) is 30.0 Å². The molecule has 0 saturated carbocycles. The first-order valence-electron chi connectivity index (χ1n) is 6.35. The number of carbonyl (C=O) groups is 1. The molecule has 1 aromatic carbocycles. The van der Waals surface area contributed by atoms with Gasteiger partial charge in [0, 0.05) is 17.7 Å². The third kappa shape index (κ3) is 5.21. The summed E-state index contributed by atoms with van der Waals surface area (Å²) >= 11 is 0. The maximum atomic E-state index is 12.5. The van der Waals surface area contributed by atoms with Crippen molar-refractivity contribution in [3.8, 4) is 5.75 Å². The summed E-state index contributed by atoms with van der Waals surface area (Å²) in [5, 5.41) is 9.71. The first kappa shape index (κ1) is 16.5. The Labute approximate surface area is 116 Å². The predicted molar refractivity (Wildman–Crippen MR) is 69.7 cm³/mol. The van der Waals surface area contributed by atoms with E-state index in [0.717, 1.165) is 0 Å². The molecule has 0 aromatic heterocycles. The number of ketones is 1. The van der Waals surface area contributed by atoms with Gasteiger partial charge in [-0.2, -0.15) is 13.2 Å². The molecule has 3 nitrogen and oxygen atoms in total. The smallest absolute Gasteiger partial charge is 0.401 e. The van der Waals surface area contributed by atoms with E-state index < -0.39 is 12.7 Å². The Morgan fingerprint density at radius 1 is 1.35 bits per heavy atom. The highest BCUT2D eigenvalue weighted by atomic mass is 19.4. The van der Waals surface area contributed by atoms with Gasteiger partial charge in [0.2, 0.25) is 0 Å². The Hall–Kier alpha value is -1.56. The zero-order valence-electron chi connectivity index (χ0n) is 11.5. The Morgan fingerprint density at radius 3 is 2.50 bits per heavy atom. The normalized spacial score (nSPS) is 11.9. The van der Waals surface area contributed by atoms with E-state index in [-0.39, 0.29) is 24.6 Å². The highest BCUT2D eigenvalue weighted by Gasteiger charge is 2.30. The molecule has 1 aromatic rings. The fraction of sp³-hybridized carbons (Fsp3) is 0.500. The third-order valence-electron chi connectivity index (χ3n) is 2.82. The molecular formula is C14H18F3NO2. The number of rotatable bonds is 6. The van der Waals surface area contributed by atoms with Gasteiger partial charge in [0.25, 0.3) is 0 Å². The van der Waals surface area contributed by atoms with Crippen LogP contribution in [0.1, 0.15) is 36.2 Å². The molecule has 20 heavy (non-hydrogen) atoms. The van der Waals surface area contributed by atoms with Crippen molar-refractivity contribution in [3.63, 3.8) is 0 Å². The second-order valence-electron chi connectivity index (χ2n) is 4.73. The summed E-state index contributed by atoms with van der Waals surface area (Å²) in [4.78, 5) is 12.5. The van der Waals surface area contributed by atoms with Crippen molar-refractivity contribution in [2.45, 2.75) is 33.0 Å². The molecular weight excluding hydrogens is 271 g/mol. The largest absolute Gasteiger partial charge is 0.508 e. The van der Waals surface area contributed by atoms with E-state index >= 15 is 0 Å². The molecule has 112 valence electrons. The predicted octanol–water partition coefficient (Wildman–Crippen LogP) is 3.37. The molecule has 0 atom stereocenters. The van der Waals surface area contributed by atoms with Crippen LogP contribution in [0, 0.1) is 0 Å². The molecule has 0 spiro atoms. The molecule has 0 aliphatic carbocycles. The standard InChI is InChI=1S/C14H18F3NO2/c1-3-6-18(9-14(15,16)17)8-12-7-11(10(2)19)4-5-13(12)20/h4-5,7,20H,3,6,8-9H2,1-2H3. The van der Waals surface area contributed by atoms with Crippen molar-refractivity contribution in [2.75, 3.05) is 13.1 Å². The van der Waals surface area contributed by atoms with E-state index in [1.54, 1.807) is 6.92 Å². The number of benzene rings is 1. The van der Waals surface area contributed by atoms with E-state index in [1.807, 2.05) is 0 Å². The lowest BCUT2D eigenvalue weighted by molar-refractivity contribution is -0.147. The Morgan fingerprint density at radius 2 is 2.00 bits per heavy atom. The van der Waals surface area contributed by atoms with Crippen LogP contribution in [0.15, 0.2) is 18.2 Å². The van der Waals surface area contributed by atoms with E-state index in [0.29, 0.717) is 17.5 Å². The zero-order valence-corrected chi connectivity index (χ0v) is 11.5. The number of carbonyl (C=O) groups excluding carboxylic acids is 1. The van der Waals surface area contributed by atoms with Gasteiger partial charge in [0.15, 0.2) is 5.78 Å². The molecule has 0 bridgehead atoms. The molecule has 0 saturated heterocycles. The van der Waals surface area contributed by atoms with Gasteiger partial charge in [-0.05, 0) is 38.1 Å². The zero-order chi connectivity index (χ0) is 15.3. The Balaban J connectivity index is 2.92. The summed E-state index contributed by atoms with van der Waals surface area (Å²) in [5.41, 5.74) is 0.705. The quantitative estimate of drug-likeness (QED) is 0.816. The topological polar surface area (TPSA) is 40.5 Å². The summed E-state index contributed by atoms with van der Waals surface area (Å²) < 4.78 is 37.4. The van der Waals surface area contributed by atoms with Crippen molar-refractivity contribution < 1.29 is 23.1 Å². The highest BCUT2D eigenvalue weighted by Crippen LogP contribution is 2.23. The molecule has 0 fully saturated rings. The number of halogens is 3. The highest BCUT2D eigenvalue weighted by molar-refractivity contribution is 5.94. The molecule has 0 aliphatic rings. The van der Waals surface area contributed by atoms with Crippen LogP contribution < -0.4 is 0 Å². The molecule has 0 radical (unpaired) electrons. The maximum absolute atomic E-state index is 12.5. The minimum atomic E-state index is -4.29. The summed E-state index contributed by atoms with van der Waals surface area (Å²) in [6, 6.07) is 4.23. The van der Waals surface area contributed by atoms with Gasteiger partial charge < -0.3 is 5.11 Å². The number of Topliss-reactive ketones (excluding diaryl/α,β-unsaturated/α-hetero) is 1. The first-order chi connectivity index (χ1) is 9.23. The van der Waals surface area contributed by atoms with E-state index in [2.05, 4.69) is 0 Å². The SMILES string of the molecule is CCCN(Cc1cc(C(C)=O)ccc1O)CC(F)(F)F. The first-order valence-corrected chi connectivity index (χ1v) is 6.35. The third-order valence-corrected chi connectivity index (χ3v) is 2.82. The van der Waals surface area contributed by atoms with Crippen LogP contribution in [0.3, 0.4) is 0 Å². The van der Waals surface area contributed by atoms with Crippen molar-refractivity contribution in [1.82, 2.24) is 4.90 Å². The van der Waals surface area contributed by atoms with E-state index in [4.69, 9.17) is 0 Å². The monoisotopic (exact) mass is 289 g/mol. The number of nitrogens with zero attached hydrogens (tertiary/aromatic N) is 1. The van der Waals surface area contributed by atoms with Crippen LogP contribution in [0.4, 0.5) is 13.2 Å². The van der Waals surface area contributed by atoms with Gasteiger partial charge in [-0.1, -0.05) is 6.92 Å². The molecule has 6 heteroatoms. The fourth-order valence-electron chi connectivity index (χ4n) is 1.96. The minimum Gasteiger partial charge on any atom is -0.508 e. The summed E-state index contributed by atoms with van der Waals surface area (Å²) in [7, 11) is 0. The van der Waals surface area contributed by atoms with Crippen LogP contribution >= 0.6 is 0 Å². The van der Waals surface area contributed by atoms with Crippen LogP contribution in [0.25, 0.3) is 0 Å². The number of alkyl halides is 3. The van der Waals surface area contributed by atoms with Crippen molar-refractivity contribution in [2.24, 2.45) is 0 Å². The number of hydrogen-bond acceptors (Lipinski definition) is 3. The molecule has 1 N–H and O–H groups in total. The Kier molecular flexibility index (Phi) is 5.56. The van der Waals surface area contributed by atoms with Gasteiger partial charge in [-0.3, -0.25) is 9.69 Å². The number of phenols is 1. The summed E-state index contributed by atoms with van der Waals surface area (Å²) in [5.74, 6) is -0.289. The second-order valence-corrected chi connectivity index (χ2v) is 4.73. The van der Waals surface area contributed by atoms with Crippen molar-refractivity contribution in [3.05, 3.63) is 29.3 Å². The second kappa shape index (κ2) is 6.74. The van der Waals surface area contributed by atoms with Gasteiger partial charge in [0.05, 0.1) is 6.54 Å². The lowest BCUT2D eigenvalue weighted by atomic mass is 10.1. The lowest BCUT2D eigenvalue weighted by Crippen LogP contribution is -2.34. The van der Waals surface area contributed by atoms with Crippen LogP contribution in [0.5, 0.6) is 5.75 Å². The maximum Gasteiger partial charge on any atom is 0.401 e. The summed E-state index contributed by atoms with van der Waals surface area (Å²) in [6.45, 7) is 2.35. The molecule has 0 unspecified atom stereocenters. The minimum absolute atomic E-state index is 0.0414. The van der Waals surface area contributed by atoms with Crippen molar-refractivity contribution in [1.29, 1.82) is 0 Å². The molecule has 0 aliphatic heterocycles. The Bertz CT molecular complexity index is 472. The van der Waals surface area contributed by atoms with Gasteiger partial charge in [0.1, 0.15) is 5.75 Å². The van der Waals surface area contributed by atoms with E-state index in [9.17, 15) is 23.1 Å². The summed E-state index contributed by atoms with van der Waals surface area (Å²) in [6.07, 6.45) is -3.72. The van der Waals surface area contributed by atoms with Crippen LogP contribution in [-0.4, -0.2) is 35.1 Å². The van der Waals surface area contributed by atoms with Crippen LogP contribution in [0.2, 0.25) is 0 Å².